The molecular weight excluding hydrogens is 858 g/mol. The molecule has 0 rings (SSSR count). The van der Waals surface area contributed by atoms with E-state index in [4.69, 9.17) is 18.5 Å². The Morgan fingerprint density at radius 1 is 0.448 bits per heavy atom. The van der Waals surface area contributed by atoms with Crippen molar-refractivity contribution in [1.82, 2.24) is 0 Å². The molecule has 0 spiro atoms. The molecule has 2 unspecified atom stereocenters. The van der Waals surface area contributed by atoms with E-state index in [1.807, 2.05) is 21.1 Å². The Balaban J connectivity index is 4.04. The van der Waals surface area contributed by atoms with E-state index in [-0.39, 0.29) is 25.6 Å². The third-order valence-corrected chi connectivity index (χ3v) is 14.0. The van der Waals surface area contributed by atoms with Crippen molar-refractivity contribution < 1.29 is 42.1 Å². The summed E-state index contributed by atoms with van der Waals surface area (Å²) in [5.41, 5.74) is 0. The molecule has 0 bridgehead atoms. The minimum Gasteiger partial charge on any atom is -0.462 e. The van der Waals surface area contributed by atoms with Crippen molar-refractivity contribution >= 4 is 19.8 Å². The Morgan fingerprint density at radius 2 is 0.761 bits per heavy atom. The number of hydrogen-bond donors (Lipinski definition) is 1. The lowest BCUT2D eigenvalue weighted by atomic mass is 10.0. The minimum atomic E-state index is -4.38. The lowest BCUT2D eigenvalue weighted by Crippen LogP contribution is -2.37. The lowest BCUT2D eigenvalue weighted by Gasteiger charge is -2.24. The predicted molar refractivity (Wildman–Crippen MR) is 284 cm³/mol. The number of quaternary nitrogens is 1. The second-order valence-electron chi connectivity index (χ2n) is 21.0. The van der Waals surface area contributed by atoms with E-state index in [0.29, 0.717) is 17.4 Å². The molecule has 0 amide bonds. The molecule has 398 valence electrons. The number of allylic oxidation sites excluding steroid dienone is 2. The molecule has 0 aromatic heterocycles. The smallest absolute Gasteiger partial charge is 0.462 e. The summed E-state index contributed by atoms with van der Waals surface area (Å²) >= 11 is 0. The van der Waals surface area contributed by atoms with Crippen LogP contribution in [0.5, 0.6) is 0 Å². The predicted octanol–water partition coefficient (Wildman–Crippen LogP) is 17.7. The second kappa shape index (κ2) is 49.7. The Bertz CT molecular complexity index is 1140. The van der Waals surface area contributed by atoms with E-state index in [9.17, 15) is 19.0 Å². The zero-order valence-corrected chi connectivity index (χ0v) is 46.1. The summed E-state index contributed by atoms with van der Waals surface area (Å²) < 4.78 is 34.5. The second-order valence-corrected chi connectivity index (χ2v) is 22.5. The molecule has 2 atom stereocenters. The van der Waals surface area contributed by atoms with Gasteiger partial charge >= 0.3 is 19.8 Å². The third-order valence-electron chi connectivity index (χ3n) is 13.0. The number of nitrogens with zero attached hydrogens (tertiary/aromatic N) is 1. The number of carbonyl (C=O) groups excluding carboxylic acids is 2. The molecule has 9 nitrogen and oxygen atoms in total. The van der Waals surface area contributed by atoms with Crippen LogP contribution in [0.2, 0.25) is 0 Å². The van der Waals surface area contributed by atoms with Gasteiger partial charge in [-0.15, -0.1) is 0 Å². The van der Waals surface area contributed by atoms with Crippen LogP contribution >= 0.6 is 7.82 Å². The van der Waals surface area contributed by atoms with Crippen LogP contribution in [0.4, 0.5) is 0 Å². The fourth-order valence-corrected chi connectivity index (χ4v) is 9.28. The van der Waals surface area contributed by atoms with Crippen LogP contribution in [0.25, 0.3) is 0 Å². The molecular formula is C57H113NO8P+. The zero-order chi connectivity index (χ0) is 49.2. The SMILES string of the molecule is CCCCCCCCCC/C=C\CCCCCCCCCCCCCCCCCCCC(=O)OC(COC(=O)CCCCCCCCCCCCCCCC)COP(=O)(O)OCC[N+](C)(C)C. The Morgan fingerprint density at radius 3 is 1.10 bits per heavy atom. The summed E-state index contributed by atoms with van der Waals surface area (Å²) in [6.07, 6.45) is 57.1. The van der Waals surface area contributed by atoms with Gasteiger partial charge < -0.3 is 18.9 Å². The van der Waals surface area contributed by atoms with E-state index >= 15 is 0 Å². The standard InChI is InChI=1S/C57H112NO8P/c1-6-8-10-12-14-16-18-20-22-23-24-25-26-27-28-29-30-31-32-33-34-35-36-38-40-42-44-46-48-50-57(60)66-55(54-65-67(61,62)64-52-51-58(3,4)5)53-63-56(59)49-47-45-43-41-39-37-21-19-17-15-13-11-9-7-2/h23-24,55H,6-22,25-54H2,1-5H3/p+1/b24-23-. The van der Waals surface area contributed by atoms with Gasteiger partial charge in [-0.3, -0.25) is 18.6 Å². The molecule has 0 aromatic carbocycles. The van der Waals surface area contributed by atoms with E-state index in [0.717, 1.165) is 38.5 Å². The summed E-state index contributed by atoms with van der Waals surface area (Å²) in [5, 5.41) is 0. The molecule has 1 N–H and O–H groups in total. The summed E-state index contributed by atoms with van der Waals surface area (Å²) in [6, 6.07) is 0. The highest BCUT2D eigenvalue weighted by Gasteiger charge is 2.27. The Labute approximate surface area is 416 Å². The fourth-order valence-electron chi connectivity index (χ4n) is 8.54. The number of hydrogen-bond acceptors (Lipinski definition) is 7. The zero-order valence-electron chi connectivity index (χ0n) is 45.2. The number of esters is 2. The number of likely N-dealkylation sites (N-methyl/N-ethyl adjacent to an activating group) is 1. The van der Waals surface area contributed by atoms with Crippen molar-refractivity contribution in [2.45, 2.75) is 296 Å². The number of ether oxygens (including phenoxy) is 2. The fraction of sp³-hybridized carbons (Fsp3) is 0.930. The topological polar surface area (TPSA) is 108 Å². The van der Waals surface area contributed by atoms with Crippen molar-refractivity contribution in [2.24, 2.45) is 0 Å². The minimum absolute atomic E-state index is 0.0360. The molecule has 0 fully saturated rings. The van der Waals surface area contributed by atoms with Crippen LogP contribution in [-0.2, 0) is 32.7 Å². The van der Waals surface area contributed by atoms with Gasteiger partial charge in [0.05, 0.1) is 27.7 Å². The van der Waals surface area contributed by atoms with Crippen LogP contribution < -0.4 is 0 Å². The molecule has 0 aliphatic rings. The van der Waals surface area contributed by atoms with Crippen molar-refractivity contribution in [2.75, 3.05) is 47.5 Å². The van der Waals surface area contributed by atoms with Crippen LogP contribution in [0.1, 0.15) is 290 Å². The highest BCUT2D eigenvalue weighted by Crippen LogP contribution is 2.43. The van der Waals surface area contributed by atoms with Gasteiger partial charge in [0.2, 0.25) is 0 Å². The Kier molecular flexibility index (Phi) is 48.8. The maximum absolute atomic E-state index is 12.8. The van der Waals surface area contributed by atoms with Gasteiger partial charge in [-0.1, -0.05) is 251 Å². The summed E-state index contributed by atoms with van der Waals surface area (Å²) in [6.45, 7) is 4.48. The van der Waals surface area contributed by atoms with E-state index in [2.05, 4.69) is 26.0 Å². The van der Waals surface area contributed by atoms with Crippen LogP contribution in [-0.4, -0.2) is 74.9 Å². The first-order valence-electron chi connectivity index (χ1n) is 28.9. The Hall–Kier alpha value is -1.25. The van der Waals surface area contributed by atoms with Gasteiger partial charge in [0.15, 0.2) is 6.10 Å². The van der Waals surface area contributed by atoms with Crippen molar-refractivity contribution in [1.29, 1.82) is 0 Å². The van der Waals surface area contributed by atoms with Crippen LogP contribution in [0.15, 0.2) is 12.2 Å². The van der Waals surface area contributed by atoms with Gasteiger partial charge in [-0.05, 0) is 38.5 Å². The third kappa shape index (κ3) is 53.9. The van der Waals surface area contributed by atoms with Gasteiger partial charge in [0, 0.05) is 12.8 Å². The molecule has 0 saturated carbocycles. The van der Waals surface area contributed by atoms with E-state index in [1.165, 1.54) is 225 Å². The van der Waals surface area contributed by atoms with E-state index < -0.39 is 26.5 Å². The molecule has 0 aromatic rings. The largest absolute Gasteiger partial charge is 0.472 e. The summed E-state index contributed by atoms with van der Waals surface area (Å²) in [7, 11) is 1.50. The van der Waals surface area contributed by atoms with Crippen LogP contribution in [0.3, 0.4) is 0 Å². The summed E-state index contributed by atoms with van der Waals surface area (Å²) in [4.78, 5) is 35.6. The first-order chi connectivity index (χ1) is 32.5. The normalized spacial score (nSPS) is 13.3. The monoisotopic (exact) mass is 971 g/mol. The van der Waals surface area contributed by atoms with Crippen molar-refractivity contribution in [3.63, 3.8) is 0 Å². The summed E-state index contributed by atoms with van der Waals surface area (Å²) in [5.74, 6) is -0.779. The molecule has 0 heterocycles. The van der Waals surface area contributed by atoms with E-state index in [1.54, 1.807) is 0 Å². The number of rotatable bonds is 54. The van der Waals surface area contributed by atoms with Crippen LogP contribution in [0, 0.1) is 0 Å². The van der Waals surface area contributed by atoms with Crippen molar-refractivity contribution in [3.05, 3.63) is 12.2 Å². The molecule has 0 aliphatic carbocycles. The average Bonchev–Trinajstić information content (AvgIpc) is 3.29. The lowest BCUT2D eigenvalue weighted by molar-refractivity contribution is -0.870. The number of phosphoric acid groups is 1. The van der Waals surface area contributed by atoms with Gasteiger partial charge in [-0.25, -0.2) is 4.57 Å². The molecule has 10 heteroatoms. The highest BCUT2D eigenvalue weighted by molar-refractivity contribution is 7.47. The highest BCUT2D eigenvalue weighted by atomic mass is 31.2. The number of unbranched alkanes of at least 4 members (excludes halogenated alkanes) is 38. The average molecular weight is 972 g/mol. The molecule has 0 saturated heterocycles. The van der Waals surface area contributed by atoms with Gasteiger partial charge in [-0.2, -0.15) is 0 Å². The van der Waals surface area contributed by atoms with Crippen molar-refractivity contribution in [3.8, 4) is 0 Å². The first kappa shape index (κ1) is 65.8. The molecule has 0 aliphatic heterocycles. The first-order valence-corrected chi connectivity index (χ1v) is 30.4. The quantitative estimate of drug-likeness (QED) is 0.0211. The van der Waals surface area contributed by atoms with Gasteiger partial charge in [0.25, 0.3) is 0 Å². The maximum atomic E-state index is 12.8. The van der Waals surface area contributed by atoms with Gasteiger partial charge in [0.1, 0.15) is 19.8 Å². The molecule has 0 radical (unpaired) electrons. The number of phosphoric ester groups is 1. The molecule has 67 heavy (non-hydrogen) atoms. The maximum Gasteiger partial charge on any atom is 0.472 e. The number of carbonyl (C=O) groups is 2.